The Morgan fingerprint density at radius 1 is 1.55 bits per heavy atom. The van der Waals surface area contributed by atoms with Gasteiger partial charge >= 0.3 is 0 Å². The fourth-order valence-corrected chi connectivity index (χ4v) is 4.48. The van der Waals surface area contributed by atoms with Gasteiger partial charge in [-0.05, 0) is 25.3 Å². The Hall–Kier alpha value is -0.890. The van der Waals surface area contributed by atoms with Crippen molar-refractivity contribution in [1.29, 1.82) is 0 Å². The van der Waals surface area contributed by atoms with Gasteiger partial charge in [0.05, 0.1) is 18.7 Å². The van der Waals surface area contributed by atoms with Crippen molar-refractivity contribution in [2.75, 3.05) is 32.1 Å². The smallest absolute Gasteiger partial charge is 0.272 e. The van der Waals surface area contributed by atoms with Gasteiger partial charge in [0, 0.05) is 31.4 Å². The first-order valence-electron chi connectivity index (χ1n) is 7.63. The van der Waals surface area contributed by atoms with Crippen molar-refractivity contribution in [3.63, 3.8) is 0 Å². The van der Waals surface area contributed by atoms with E-state index >= 15 is 0 Å². The van der Waals surface area contributed by atoms with Crippen LogP contribution in [-0.2, 0) is 11.3 Å². The van der Waals surface area contributed by atoms with Crippen LogP contribution in [0.4, 0.5) is 0 Å². The van der Waals surface area contributed by atoms with Gasteiger partial charge in [0.15, 0.2) is 5.16 Å². The lowest BCUT2D eigenvalue weighted by molar-refractivity contribution is 0.00298. The Bertz CT molecular complexity index is 698. The maximum Gasteiger partial charge on any atom is 0.272 e. The highest BCUT2D eigenvalue weighted by molar-refractivity contribution is 7.99. The van der Waals surface area contributed by atoms with Crippen molar-refractivity contribution in [3.05, 3.63) is 21.8 Å². The van der Waals surface area contributed by atoms with Gasteiger partial charge in [0.25, 0.3) is 5.56 Å². The van der Waals surface area contributed by atoms with Gasteiger partial charge in [0.2, 0.25) is 0 Å². The Morgan fingerprint density at radius 3 is 3.18 bits per heavy atom. The number of thiophene rings is 1. The van der Waals surface area contributed by atoms with Crippen LogP contribution < -0.4 is 5.56 Å². The van der Waals surface area contributed by atoms with Crippen molar-refractivity contribution >= 4 is 33.3 Å². The van der Waals surface area contributed by atoms with Crippen LogP contribution in [-0.4, -0.2) is 52.5 Å². The molecule has 2 aromatic rings. The van der Waals surface area contributed by atoms with E-state index in [0.717, 1.165) is 47.4 Å². The average Bonchev–Trinajstić information content (AvgIpc) is 2.98. The minimum absolute atomic E-state index is 0.0877. The SMILES string of the molecule is CCn1c(SCCN2CCOCC2C)nc2ccsc2c1=O. The molecule has 1 atom stereocenters. The van der Waals surface area contributed by atoms with Crippen molar-refractivity contribution in [3.8, 4) is 0 Å². The Labute approximate surface area is 138 Å². The second kappa shape index (κ2) is 7.12. The molecule has 3 rings (SSSR count). The number of aromatic nitrogens is 2. The molecule has 120 valence electrons. The number of ether oxygens (including phenoxy) is 1. The fraction of sp³-hybridized carbons (Fsp3) is 0.600. The summed E-state index contributed by atoms with van der Waals surface area (Å²) in [7, 11) is 0. The van der Waals surface area contributed by atoms with Crippen molar-refractivity contribution in [1.82, 2.24) is 14.5 Å². The van der Waals surface area contributed by atoms with Gasteiger partial charge in [-0.2, -0.15) is 0 Å². The monoisotopic (exact) mass is 339 g/mol. The first kappa shape index (κ1) is 16.0. The molecule has 5 nitrogen and oxygen atoms in total. The van der Waals surface area contributed by atoms with Gasteiger partial charge in [-0.3, -0.25) is 14.3 Å². The van der Waals surface area contributed by atoms with E-state index in [0.29, 0.717) is 12.6 Å². The third kappa shape index (κ3) is 3.22. The summed E-state index contributed by atoms with van der Waals surface area (Å²) in [5.74, 6) is 0.937. The number of thioether (sulfide) groups is 1. The molecule has 22 heavy (non-hydrogen) atoms. The van der Waals surface area contributed by atoms with Gasteiger partial charge in [-0.25, -0.2) is 4.98 Å². The summed E-state index contributed by atoms with van der Waals surface area (Å²) in [4.78, 5) is 19.6. The average molecular weight is 339 g/mol. The van der Waals surface area contributed by atoms with E-state index in [1.807, 2.05) is 18.4 Å². The van der Waals surface area contributed by atoms with Crippen molar-refractivity contribution in [2.24, 2.45) is 0 Å². The molecule has 1 saturated heterocycles. The summed E-state index contributed by atoms with van der Waals surface area (Å²) in [6.45, 7) is 8.46. The van der Waals surface area contributed by atoms with E-state index in [2.05, 4.69) is 16.8 Å². The van der Waals surface area contributed by atoms with Crippen LogP contribution in [0.15, 0.2) is 21.4 Å². The zero-order chi connectivity index (χ0) is 15.5. The number of morpholine rings is 1. The van der Waals surface area contributed by atoms with E-state index in [-0.39, 0.29) is 5.56 Å². The van der Waals surface area contributed by atoms with E-state index in [1.165, 1.54) is 11.3 Å². The molecule has 1 aliphatic rings. The molecule has 0 aliphatic carbocycles. The summed E-state index contributed by atoms with van der Waals surface area (Å²) >= 11 is 3.15. The minimum Gasteiger partial charge on any atom is -0.379 e. The molecule has 0 amide bonds. The standard InChI is InChI=1S/C15H21N3O2S2/c1-3-18-14(19)13-12(4-8-21-13)16-15(18)22-9-6-17-5-7-20-10-11(17)2/h4,8,11H,3,5-7,9-10H2,1-2H3. The van der Waals surface area contributed by atoms with Gasteiger partial charge in [-0.1, -0.05) is 11.8 Å². The van der Waals surface area contributed by atoms with Crippen LogP contribution in [0.25, 0.3) is 10.2 Å². The number of hydrogen-bond donors (Lipinski definition) is 0. The molecular formula is C15H21N3O2S2. The molecule has 0 bridgehead atoms. The predicted octanol–water partition coefficient (Wildman–Crippen LogP) is 2.29. The molecule has 1 fully saturated rings. The molecule has 0 N–H and O–H groups in total. The molecular weight excluding hydrogens is 318 g/mol. The van der Waals surface area contributed by atoms with Crippen LogP contribution >= 0.6 is 23.1 Å². The number of fused-ring (bicyclic) bond motifs is 1. The van der Waals surface area contributed by atoms with E-state index in [4.69, 9.17) is 4.74 Å². The van der Waals surface area contributed by atoms with Gasteiger partial charge in [0.1, 0.15) is 4.70 Å². The zero-order valence-electron chi connectivity index (χ0n) is 12.9. The Balaban J connectivity index is 1.71. The molecule has 0 spiro atoms. The summed E-state index contributed by atoms with van der Waals surface area (Å²) in [5.41, 5.74) is 0.909. The zero-order valence-corrected chi connectivity index (χ0v) is 14.6. The molecule has 2 aromatic heterocycles. The maximum atomic E-state index is 12.5. The van der Waals surface area contributed by atoms with E-state index in [1.54, 1.807) is 16.3 Å². The third-order valence-electron chi connectivity index (χ3n) is 3.96. The Kier molecular flexibility index (Phi) is 5.18. The van der Waals surface area contributed by atoms with Gasteiger partial charge < -0.3 is 4.74 Å². The van der Waals surface area contributed by atoms with Crippen LogP contribution in [0.2, 0.25) is 0 Å². The summed E-state index contributed by atoms with van der Waals surface area (Å²) < 4.78 is 8.00. The molecule has 7 heteroatoms. The number of rotatable bonds is 5. The van der Waals surface area contributed by atoms with Crippen LogP contribution in [0.5, 0.6) is 0 Å². The third-order valence-corrected chi connectivity index (χ3v) is 5.81. The second-order valence-corrected chi connectivity index (χ2v) is 7.37. The van der Waals surface area contributed by atoms with E-state index < -0.39 is 0 Å². The van der Waals surface area contributed by atoms with Crippen molar-refractivity contribution in [2.45, 2.75) is 31.6 Å². The summed E-state index contributed by atoms with van der Waals surface area (Å²) in [5, 5.41) is 2.77. The van der Waals surface area contributed by atoms with Crippen LogP contribution in [0.1, 0.15) is 13.8 Å². The lowest BCUT2D eigenvalue weighted by atomic mass is 10.2. The van der Waals surface area contributed by atoms with Gasteiger partial charge in [-0.15, -0.1) is 11.3 Å². The highest BCUT2D eigenvalue weighted by atomic mass is 32.2. The molecule has 0 aromatic carbocycles. The van der Waals surface area contributed by atoms with Crippen LogP contribution in [0, 0.1) is 0 Å². The Morgan fingerprint density at radius 2 is 2.41 bits per heavy atom. The molecule has 1 aliphatic heterocycles. The maximum absolute atomic E-state index is 12.5. The number of hydrogen-bond acceptors (Lipinski definition) is 6. The molecule has 3 heterocycles. The summed E-state index contributed by atoms with van der Waals surface area (Å²) in [6, 6.07) is 2.39. The normalized spacial score (nSPS) is 19.8. The fourth-order valence-electron chi connectivity index (χ4n) is 2.66. The first-order valence-corrected chi connectivity index (χ1v) is 9.50. The molecule has 1 unspecified atom stereocenters. The van der Waals surface area contributed by atoms with Crippen molar-refractivity contribution < 1.29 is 4.74 Å². The largest absolute Gasteiger partial charge is 0.379 e. The lowest BCUT2D eigenvalue weighted by Crippen LogP contribution is -2.44. The minimum atomic E-state index is 0.0877. The second-order valence-electron chi connectivity index (χ2n) is 5.39. The predicted molar refractivity (Wildman–Crippen MR) is 92.1 cm³/mol. The highest BCUT2D eigenvalue weighted by Crippen LogP contribution is 2.21. The molecule has 0 saturated carbocycles. The topological polar surface area (TPSA) is 47.4 Å². The van der Waals surface area contributed by atoms with Crippen LogP contribution in [0.3, 0.4) is 0 Å². The summed E-state index contributed by atoms with van der Waals surface area (Å²) in [6.07, 6.45) is 0. The lowest BCUT2D eigenvalue weighted by Gasteiger charge is -2.33. The quantitative estimate of drug-likeness (QED) is 0.618. The molecule has 0 radical (unpaired) electrons. The first-order chi connectivity index (χ1) is 10.7. The highest BCUT2D eigenvalue weighted by Gasteiger charge is 2.18. The van der Waals surface area contributed by atoms with E-state index in [9.17, 15) is 4.79 Å². The number of nitrogens with zero attached hydrogens (tertiary/aromatic N) is 3.